The van der Waals surface area contributed by atoms with Crippen molar-refractivity contribution in [3.63, 3.8) is 0 Å². The van der Waals surface area contributed by atoms with Crippen molar-refractivity contribution < 1.29 is 28.6 Å². The van der Waals surface area contributed by atoms with Crippen LogP contribution in [0.15, 0.2) is 71.6 Å². The number of para-hydroxylation sites is 1. The molecule has 0 radical (unpaired) electrons. The molecule has 1 atom stereocenters. The SMILES string of the molecule is CCOC(=O)c1ccc(NC(=O)CN2C(=O)C[C@H](c3ccc(OC)c(OC)c3)Sc3ccccc32)cc1. The number of hydrogen-bond acceptors (Lipinski definition) is 7. The molecule has 1 heterocycles. The van der Waals surface area contributed by atoms with Crippen LogP contribution in [0.25, 0.3) is 0 Å². The van der Waals surface area contributed by atoms with Crippen molar-refractivity contribution in [2.24, 2.45) is 0 Å². The van der Waals surface area contributed by atoms with Crippen LogP contribution in [0.3, 0.4) is 0 Å². The van der Waals surface area contributed by atoms with E-state index in [0.29, 0.717) is 28.4 Å². The number of fused-ring (bicyclic) bond motifs is 1. The molecule has 0 spiro atoms. The fourth-order valence-electron chi connectivity index (χ4n) is 4.04. The van der Waals surface area contributed by atoms with E-state index in [9.17, 15) is 14.4 Å². The lowest BCUT2D eigenvalue weighted by Crippen LogP contribution is -2.38. The Labute approximate surface area is 219 Å². The van der Waals surface area contributed by atoms with Gasteiger partial charge in [-0.05, 0) is 61.0 Å². The van der Waals surface area contributed by atoms with Crippen LogP contribution in [0.1, 0.15) is 34.5 Å². The van der Waals surface area contributed by atoms with E-state index in [0.717, 1.165) is 10.5 Å². The summed E-state index contributed by atoms with van der Waals surface area (Å²) in [4.78, 5) is 40.7. The molecule has 1 aliphatic heterocycles. The molecule has 1 aliphatic rings. The van der Waals surface area contributed by atoms with E-state index in [4.69, 9.17) is 14.2 Å². The van der Waals surface area contributed by atoms with E-state index in [2.05, 4.69) is 5.32 Å². The first kappa shape index (κ1) is 26.1. The second kappa shape index (κ2) is 11.8. The third-order valence-electron chi connectivity index (χ3n) is 5.85. The van der Waals surface area contributed by atoms with Crippen LogP contribution in [-0.2, 0) is 14.3 Å². The Kier molecular flexibility index (Phi) is 8.35. The molecule has 0 fully saturated rings. The summed E-state index contributed by atoms with van der Waals surface area (Å²) >= 11 is 1.58. The monoisotopic (exact) mass is 520 g/mol. The summed E-state index contributed by atoms with van der Waals surface area (Å²) in [7, 11) is 3.16. The molecule has 0 aliphatic carbocycles. The number of hydrogen-bond donors (Lipinski definition) is 1. The number of rotatable bonds is 8. The zero-order valence-electron chi connectivity index (χ0n) is 20.9. The van der Waals surface area contributed by atoms with Gasteiger partial charge in [0.25, 0.3) is 0 Å². The molecule has 3 aromatic carbocycles. The Morgan fingerprint density at radius 2 is 1.73 bits per heavy atom. The Morgan fingerprint density at radius 3 is 2.43 bits per heavy atom. The van der Waals surface area contributed by atoms with Crippen molar-refractivity contribution in [1.82, 2.24) is 0 Å². The molecule has 37 heavy (non-hydrogen) atoms. The van der Waals surface area contributed by atoms with Gasteiger partial charge in [0.2, 0.25) is 11.8 Å². The van der Waals surface area contributed by atoms with E-state index < -0.39 is 5.97 Å². The fraction of sp³-hybridized carbons (Fsp3) is 0.250. The average Bonchev–Trinajstić information content (AvgIpc) is 3.05. The number of anilines is 2. The standard InChI is InChI=1S/C28H28N2O6S/c1-4-36-28(33)18-9-12-20(13-10-18)29-26(31)17-30-21-7-5-6-8-24(21)37-25(16-27(30)32)19-11-14-22(34-2)23(15-19)35-3/h5-15,25H,4,16-17H2,1-3H3,(H,29,31)/t25-/m1/s1. The second-order valence-electron chi connectivity index (χ2n) is 8.22. The van der Waals surface area contributed by atoms with Crippen LogP contribution in [0.5, 0.6) is 11.5 Å². The number of benzene rings is 3. The maximum absolute atomic E-state index is 13.4. The Hall–Kier alpha value is -3.98. The van der Waals surface area contributed by atoms with Gasteiger partial charge in [0, 0.05) is 22.3 Å². The van der Waals surface area contributed by atoms with Gasteiger partial charge in [-0.2, -0.15) is 0 Å². The van der Waals surface area contributed by atoms with Crippen molar-refractivity contribution in [2.75, 3.05) is 37.6 Å². The number of carbonyl (C=O) groups excluding carboxylic acids is 3. The van der Waals surface area contributed by atoms with Crippen LogP contribution in [-0.4, -0.2) is 45.2 Å². The Balaban J connectivity index is 1.52. The normalized spacial score (nSPS) is 14.8. The van der Waals surface area contributed by atoms with E-state index in [-0.39, 0.29) is 36.6 Å². The zero-order chi connectivity index (χ0) is 26.4. The molecule has 0 saturated heterocycles. The first-order valence-electron chi connectivity index (χ1n) is 11.8. The van der Waals surface area contributed by atoms with Crippen molar-refractivity contribution in [1.29, 1.82) is 0 Å². The summed E-state index contributed by atoms with van der Waals surface area (Å²) in [6.07, 6.45) is 0.205. The number of amides is 2. The number of methoxy groups -OCH3 is 2. The highest BCUT2D eigenvalue weighted by Gasteiger charge is 2.31. The van der Waals surface area contributed by atoms with Gasteiger partial charge in [-0.1, -0.05) is 18.2 Å². The van der Waals surface area contributed by atoms with E-state index in [1.165, 1.54) is 4.90 Å². The lowest BCUT2D eigenvalue weighted by Gasteiger charge is -2.22. The quantitative estimate of drug-likeness (QED) is 0.414. The highest BCUT2D eigenvalue weighted by atomic mass is 32.2. The van der Waals surface area contributed by atoms with Gasteiger partial charge in [-0.25, -0.2) is 4.79 Å². The molecule has 8 nitrogen and oxygen atoms in total. The molecule has 9 heteroatoms. The maximum atomic E-state index is 13.4. The summed E-state index contributed by atoms with van der Waals surface area (Å²) in [5.74, 6) is 0.279. The van der Waals surface area contributed by atoms with Gasteiger partial charge in [0.15, 0.2) is 11.5 Å². The summed E-state index contributed by atoms with van der Waals surface area (Å²) in [6, 6.07) is 19.6. The van der Waals surface area contributed by atoms with Gasteiger partial charge >= 0.3 is 5.97 Å². The van der Waals surface area contributed by atoms with Crippen LogP contribution in [0.4, 0.5) is 11.4 Å². The molecule has 1 N–H and O–H groups in total. The largest absolute Gasteiger partial charge is 0.493 e. The summed E-state index contributed by atoms with van der Waals surface area (Å²) in [5, 5.41) is 2.64. The minimum absolute atomic E-state index is 0.144. The van der Waals surface area contributed by atoms with Crippen LogP contribution in [0, 0.1) is 0 Å². The smallest absolute Gasteiger partial charge is 0.338 e. The van der Waals surface area contributed by atoms with Crippen molar-refractivity contribution in [3.05, 3.63) is 77.9 Å². The van der Waals surface area contributed by atoms with Crippen LogP contribution < -0.4 is 19.7 Å². The van der Waals surface area contributed by atoms with E-state index in [1.807, 2.05) is 42.5 Å². The van der Waals surface area contributed by atoms with Crippen molar-refractivity contribution in [2.45, 2.75) is 23.5 Å². The molecule has 192 valence electrons. The maximum Gasteiger partial charge on any atom is 0.338 e. The van der Waals surface area contributed by atoms with E-state index >= 15 is 0 Å². The van der Waals surface area contributed by atoms with E-state index in [1.54, 1.807) is 57.2 Å². The molecular formula is C28H28N2O6S. The summed E-state index contributed by atoms with van der Waals surface area (Å²) < 4.78 is 15.8. The third-order valence-corrected chi connectivity index (χ3v) is 7.17. The molecule has 3 aromatic rings. The molecule has 0 unspecified atom stereocenters. The number of thioether (sulfide) groups is 1. The summed E-state index contributed by atoms with van der Waals surface area (Å²) in [5.41, 5.74) is 2.54. The molecule has 4 rings (SSSR count). The number of nitrogens with zero attached hydrogens (tertiary/aromatic N) is 1. The molecule has 0 saturated carbocycles. The van der Waals surface area contributed by atoms with Gasteiger partial charge in [0.1, 0.15) is 6.54 Å². The predicted octanol–water partition coefficient (Wildman–Crippen LogP) is 5.09. The third kappa shape index (κ3) is 6.06. The molecular weight excluding hydrogens is 492 g/mol. The average molecular weight is 521 g/mol. The lowest BCUT2D eigenvalue weighted by atomic mass is 10.1. The molecule has 2 amide bonds. The minimum atomic E-state index is -0.423. The van der Waals surface area contributed by atoms with Gasteiger partial charge in [0.05, 0.1) is 32.1 Å². The van der Waals surface area contributed by atoms with Gasteiger partial charge in [-0.15, -0.1) is 11.8 Å². The first-order valence-corrected chi connectivity index (χ1v) is 12.7. The number of ether oxygens (including phenoxy) is 3. The Bertz CT molecular complexity index is 1290. The highest BCUT2D eigenvalue weighted by Crippen LogP contribution is 2.46. The predicted molar refractivity (Wildman–Crippen MR) is 143 cm³/mol. The highest BCUT2D eigenvalue weighted by molar-refractivity contribution is 7.99. The van der Waals surface area contributed by atoms with Crippen LogP contribution >= 0.6 is 11.8 Å². The van der Waals surface area contributed by atoms with Crippen molar-refractivity contribution >= 4 is 40.9 Å². The van der Waals surface area contributed by atoms with Crippen molar-refractivity contribution in [3.8, 4) is 11.5 Å². The number of carbonyl (C=O) groups is 3. The minimum Gasteiger partial charge on any atom is -0.493 e. The lowest BCUT2D eigenvalue weighted by molar-refractivity contribution is -0.121. The number of esters is 1. The fourth-order valence-corrected chi connectivity index (χ4v) is 5.31. The van der Waals surface area contributed by atoms with Gasteiger partial charge < -0.3 is 24.4 Å². The van der Waals surface area contributed by atoms with Crippen LogP contribution in [0.2, 0.25) is 0 Å². The topological polar surface area (TPSA) is 94.2 Å². The Morgan fingerprint density at radius 1 is 1.00 bits per heavy atom. The number of nitrogens with one attached hydrogen (secondary N) is 1. The van der Waals surface area contributed by atoms with Gasteiger partial charge in [-0.3, -0.25) is 9.59 Å². The zero-order valence-corrected chi connectivity index (χ0v) is 21.7. The molecule has 0 bridgehead atoms. The first-order chi connectivity index (χ1) is 17.9. The summed E-state index contributed by atoms with van der Waals surface area (Å²) in [6.45, 7) is 1.88. The molecule has 0 aromatic heterocycles. The second-order valence-corrected chi connectivity index (χ2v) is 9.46.